The molecule has 0 saturated heterocycles. The van der Waals surface area contributed by atoms with E-state index in [0.29, 0.717) is 19.8 Å². The maximum Gasteiger partial charge on any atom is 0.233 e. The van der Waals surface area contributed by atoms with Crippen molar-refractivity contribution in [3.8, 4) is 0 Å². The van der Waals surface area contributed by atoms with E-state index >= 15 is 0 Å². The molecule has 0 amide bonds. The molecular weight excluding hydrogens is 300 g/mol. The first-order valence-electron chi connectivity index (χ1n) is 6.55. The van der Waals surface area contributed by atoms with Crippen molar-refractivity contribution in [3.05, 3.63) is 35.9 Å². The first kappa shape index (κ1) is 17.4. The van der Waals surface area contributed by atoms with Gasteiger partial charge in [0.1, 0.15) is 0 Å². The minimum atomic E-state index is -3.57. The molecule has 1 rings (SSSR count). The van der Waals surface area contributed by atoms with Crippen LogP contribution in [0.25, 0.3) is 0 Å². The van der Waals surface area contributed by atoms with Crippen molar-refractivity contribution in [2.75, 3.05) is 25.6 Å². The van der Waals surface area contributed by atoms with Gasteiger partial charge in [0.15, 0.2) is 0 Å². The van der Waals surface area contributed by atoms with Crippen molar-refractivity contribution in [2.45, 2.75) is 25.9 Å². The van der Waals surface area contributed by atoms with Crippen molar-refractivity contribution in [2.24, 2.45) is 0 Å². The Kier molecular flexibility index (Phi) is 7.51. The highest BCUT2D eigenvalue weighted by Crippen LogP contribution is 2.19. The molecule has 0 aliphatic carbocycles. The van der Waals surface area contributed by atoms with Gasteiger partial charge in [0, 0.05) is 16.6 Å². The molecule has 0 fully saturated rings. The zero-order chi connectivity index (χ0) is 15.0. The smallest absolute Gasteiger partial charge is 0.233 e. The van der Waals surface area contributed by atoms with E-state index in [9.17, 15) is 8.42 Å². The second kappa shape index (κ2) is 8.62. The summed E-state index contributed by atoms with van der Waals surface area (Å²) in [5.74, 6) is -0.401. The highest BCUT2D eigenvalue weighted by molar-refractivity contribution is 8.13. The van der Waals surface area contributed by atoms with Gasteiger partial charge in [-0.1, -0.05) is 30.3 Å². The molecule has 1 aromatic carbocycles. The van der Waals surface area contributed by atoms with E-state index in [0.717, 1.165) is 5.56 Å². The second-order valence-corrected chi connectivity index (χ2v) is 7.63. The SMILES string of the molecule is CC(C)OCCOCC(CS(=O)(=O)Cl)c1ccccc1. The van der Waals surface area contributed by atoms with Gasteiger partial charge in [-0.05, 0) is 19.4 Å². The normalized spacial score (nSPS) is 13.6. The molecule has 4 nitrogen and oxygen atoms in total. The summed E-state index contributed by atoms with van der Waals surface area (Å²) in [4.78, 5) is 0. The second-order valence-electron chi connectivity index (χ2n) is 4.81. The van der Waals surface area contributed by atoms with Crippen molar-refractivity contribution in [1.82, 2.24) is 0 Å². The molecule has 0 bridgehead atoms. The van der Waals surface area contributed by atoms with E-state index in [1.54, 1.807) is 0 Å². The molecule has 20 heavy (non-hydrogen) atoms. The van der Waals surface area contributed by atoms with Gasteiger partial charge in [0.2, 0.25) is 9.05 Å². The van der Waals surface area contributed by atoms with Crippen LogP contribution in [0.4, 0.5) is 0 Å². The summed E-state index contributed by atoms with van der Waals surface area (Å²) in [5, 5.41) is 0. The summed E-state index contributed by atoms with van der Waals surface area (Å²) in [7, 11) is 1.78. The summed E-state index contributed by atoms with van der Waals surface area (Å²) in [6, 6.07) is 9.37. The minimum Gasteiger partial charge on any atom is -0.378 e. The van der Waals surface area contributed by atoms with E-state index in [2.05, 4.69) is 0 Å². The molecule has 0 radical (unpaired) electrons. The van der Waals surface area contributed by atoms with Crippen LogP contribution in [0.3, 0.4) is 0 Å². The van der Waals surface area contributed by atoms with Crippen molar-refractivity contribution < 1.29 is 17.9 Å². The molecule has 0 spiro atoms. The highest BCUT2D eigenvalue weighted by Gasteiger charge is 2.19. The average Bonchev–Trinajstić information content (AvgIpc) is 2.36. The fourth-order valence-corrected chi connectivity index (χ4v) is 3.00. The fraction of sp³-hybridized carbons (Fsp3) is 0.571. The molecule has 1 unspecified atom stereocenters. The Morgan fingerprint density at radius 3 is 2.35 bits per heavy atom. The van der Waals surface area contributed by atoms with E-state index < -0.39 is 9.05 Å². The lowest BCUT2D eigenvalue weighted by Gasteiger charge is -2.16. The van der Waals surface area contributed by atoms with E-state index in [1.165, 1.54) is 0 Å². The Morgan fingerprint density at radius 2 is 1.80 bits per heavy atom. The van der Waals surface area contributed by atoms with Crippen LogP contribution in [0.5, 0.6) is 0 Å². The number of hydrogen-bond acceptors (Lipinski definition) is 4. The predicted octanol–water partition coefficient (Wildman–Crippen LogP) is 2.78. The number of rotatable bonds is 9. The summed E-state index contributed by atoms with van der Waals surface area (Å²) >= 11 is 0. The molecule has 0 aliphatic rings. The topological polar surface area (TPSA) is 52.6 Å². The molecule has 0 heterocycles. The predicted molar refractivity (Wildman–Crippen MR) is 80.7 cm³/mol. The number of halogens is 1. The Morgan fingerprint density at radius 1 is 1.15 bits per heavy atom. The zero-order valence-electron chi connectivity index (χ0n) is 11.8. The third kappa shape index (κ3) is 7.85. The van der Waals surface area contributed by atoms with Crippen LogP contribution in [0, 0.1) is 0 Å². The van der Waals surface area contributed by atoms with Gasteiger partial charge < -0.3 is 9.47 Å². The monoisotopic (exact) mass is 320 g/mol. The molecule has 1 atom stereocenters. The standard InChI is InChI=1S/C14H21ClO4S/c1-12(2)19-9-8-18-10-14(11-20(15,16)17)13-6-4-3-5-7-13/h3-7,12,14H,8-11H2,1-2H3. The van der Waals surface area contributed by atoms with Crippen LogP contribution in [-0.4, -0.2) is 40.1 Å². The third-order valence-corrected chi connectivity index (χ3v) is 3.85. The molecule has 0 saturated carbocycles. The van der Waals surface area contributed by atoms with Gasteiger partial charge >= 0.3 is 0 Å². The summed E-state index contributed by atoms with van der Waals surface area (Å²) in [6.45, 7) is 5.13. The van der Waals surface area contributed by atoms with Gasteiger partial charge in [-0.3, -0.25) is 0 Å². The lowest BCUT2D eigenvalue weighted by Crippen LogP contribution is -2.18. The minimum absolute atomic E-state index is 0.135. The molecule has 1 aromatic rings. The van der Waals surface area contributed by atoms with Gasteiger partial charge in [-0.25, -0.2) is 8.42 Å². The van der Waals surface area contributed by atoms with Crippen LogP contribution < -0.4 is 0 Å². The van der Waals surface area contributed by atoms with Crippen molar-refractivity contribution >= 4 is 19.7 Å². The van der Waals surface area contributed by atoms with Crippen LogP contribution in [0.15, 0.2) is 30.3 Å². The van der Waals surface area contributed by atoms with Crippen LogP contribution >= 0.6 is 10.7 Å². The van der Waals surface area contributed by atoms with Gasteiger partial charge in [0.05, 0.1) is 31.7 Å². The summed E-state index contributed by atoms with van der Waals surface area (Å²) in [6.07, 6.45) is 0.159. The average molecular weight is 321 g/mol. The first-order valence-corrected chi connectivity index (χ1v) is 9.03. The zero-order valence-corrected chi connectivity index (χ0v) is 13.4. The first-order chi connectivity index (χ1) is 9.38. The highest BCUT2D eigenvalue weighted by atomic mass is 35.7. The lowest BCUT2D eigenvalue weighted by molar-refractivity contribution is 0.0169. The summed E-state index contributed by atoms with van der Waals surface area (Å²) in [5.41, 5.74) is 0.904. The van der Waals surface area contributed by atoms with E-state index in [4.69, 9.17) is 20.2 Å². The van der Waals surface area contributed by atoms with Crippen LogP contribution in [0.2, 0.25) is 0 Å². The van der Waals surface area contributed by atoms with Crippen LogP contribution in [-0.2, 0) is 18.5 Å². The Labute approximate surface area is 125 Å². The molecule has 0 aromatic heterocycles. The molecule has 0 N–H and O–H groups in total. The van der Waals surface area contributed by atoms with Gasteiger partial charge in [-0.2, -0.15) is 0 Å². The number of hydrogen-bond donors (Lipinski definition) is 0. The van der Waals surface area contributed by atoms with Gasteiger partial charge in [-0.15, -0.1) is 0 Å². The van der Waals surface area contributed by atoms with Crippen molar-refractivity contribution in [3.63, 3.8) is 0 Å². The van der Waals surface area contributed by atoms with Crippen molar-refractivity contribution in [1.29, 1.82) is 0 Å². The fourth-order valence-electron chi connectivity index (χ4n) is 1.77. The Hall–Kier alpha value is -0.620. The van der Waals surface area contributed by atoms with Gasteiger partial charge in [0.25, 0.3) is 0 Å². The van der Waals surface area contributed by atoms with E-state index in [-0.39, 0.29) is 17.8 Å². The number of ether oxygens (including phenoxy) is 2. The quantitative estimate of drug-likeness (QED) is 0.518. The molecular formula is C14H21ClO4S. The molecule has 114 valence electrons. The Balaban J connectivity index is 2.52. The van der Waals surface area contributed by atoms with Crippen LogP contribution in [0.1, 0.15) is 25.3 Å². The summed E-state index contributed by atoms with van der Waals surface area (Å²) < 4.78 is 33.4. The maximum absolute atomic E-state index is 11.3. The lowest BCUT2D eigenvalue weighted by atomic mass is 10.0. The largest absolute Gasteiger partial charge is 0.378 e. The number of benzene rings is 1. The molecule has 6 heteroatoms. The maximum atomic E-state index is 11.3. The molecule has 0 aliphatic heterocycles. The van der Waals surface area contributed by atoms with E-state index in [1.807, 2.05) is 44.2 Å². The third-order valence-electron chi connectivity index (χ3n) is 2.67. The Bertz CT molecular complexity index is 473.